The number of aryl methyl sites for hydroxylation is 1. The summed E-state index contributed by atoms with van der Waals surface area (Å²) < 4.78 is 0. The number of nitrogens with zero attached hydrogens (tertiary/aromatic N) is 2. The summed E-state index contributed by atoms with van der Waals surface area (Å²) in [7, 11) is 0. The van der Waals surface area contributed by atoms with Gasteiger partial charge in [0.1, 0.15) is 0 Å². The lowest BCUT2D eigenvalue weighted by molar-refractivity contribution is 0.0697. The van der Waals surface area contributed by atoms with Gasteiger partial charge < -0.3 is 5.11 Å². The number of benzene rings is 1. The van der Waals surface area contributed by atoms with E-state index in [0.29, 0.717) is 0 Å². The molecule has 0 spiro atoms. The minimum atomic E-state index is -0.924. The number of carboxylic acids is 1. The predicted molar refractivity (Wildman–Crippen MR) is 73.0 cm³/mol. The van der Waals surface area contributed by atoms with Crippen molar-refractivity contribution in [1.82, 2.24) is 9.97 Å². The lowest BCUT2D eigenvalue weighted by Gasteiger charge is -2.03. The molecule has 0 saturated carbocycles. The quantitative estimate of drug-likeness (QED) is 0.892. The lowest BCUT2D eigenvalue weighted by Crippen LogP contribution is -1.96. The maximum Gasteiger partial charge on any atom is 0.335 e. The molecule has 0 fully saturated rings. The van der Waals surface area contributed by atoms with Crippen molar-refractivity contribution in [3.63, 3.8) is 0 Å². The van der Waals surface area contributed by atoms with Gasteiger partial charge in [-0.05, 0) is 25.0 Å². The minimum absolute atomic E-state index is 0.274. The van der Waals surface area contributed by atoms with Crippen molar-refractivity contribution in [2.75, 3.05) is 0 Å². The van der Waals surface area contributed by atoms with E-state index in [0.717, 1.165) is 36.2 Å². The molecular weight excluding hydrogens is 240 g/mol. The van der Waals surface area contributed by atoms with Crippen LogP contribution in [0.3, 0.4) is 0 Å². The van der Waals surface area contributed by atoms with Gasteiger partial charge in [0.25, 0.3) is 0 Å². The molecule has 1 heterocycles. The average molecular weight is 256 g/mol. The first kappa shape index (κ1) is 13.2. The lowest BCUT2D eigenvalue weighted by atomic mass is 10.1. The number of carbonyl (C=O) groups is 1. The highest BCUT2D eigenvalue weighted by atomic mass is 16.4. The van der Waals surface area contributed by atoms with Crippen LogP contribution in [0.4, 0.5) is 0 Å². The topological polar surface area (TPSA) is 63.1 Å². The molecule has 0 aliphatic carbocycles. The zero-order valence-corrected chi connectivity index (χ0v) is 10.8. The van der Waals surface area contributed by atoms with Crippen molar-refractivity contribution in [1.29, 1.82) is 0 Å². The second-order valence-electron chi connectivity index (χ2n) is 4.38. The largest absolute Gasteiger partial charge is 0.478 e. The summed E-state index contributed by atoms with van der Waals surface area (Å²) in [6.45, 7) is 2.14. The van der Waals surface area contributed by atoms with Crippen molar-refractivity contribution in [3.05, 3.63) is 47.9 Å². The van der Waals surface area contributed by atoms with Gasteiger partial charge in [-0.2, -0.15) is 0 Å². The van der Waals surface area contributed by atoms with E-state index < -0.39 is 5.97 Å². The van der Waals surface area contributed by atoms with Crippen LogP contribution in [0.1, 0.15) is 35.8 Å². The highest BCUT2D eigenvalue weighted by Crippen LogP contribution is 2.17. The summed E-state index contributed by atoms with van der Waals surface area (Å²) in [6.07, 6.45) is 6.72. The highest BCUT2D eigenvalue weighted by Gasteiger charge is 2.04. The van der Waals surface area contributed by atoms with E-state index in [9.17, 15) is 4.79 Å². The number of aromatic nitrogens is 2. The van der Waals surface area contributed by atoms with Crippen LogP contribution < -0.4 is 0 Å². The Morgan fingerprint density at radius 3 is 2.42 bits per heavy atom. The molecule has 0 atom stereocenters. The molecular formula is C15H16N2O2. The van der Waals surface area contributed by atoms with Gasteiger partial charge >= 0.3 is 5.97 Å². The van der Waals surface area contributed by atoms with Crippen LogP contribution >= 0.6 is 0 Å². The monoisotopic (exact) mass is 256 g/mol. The Labute approximate surface area is 112 Å². The Balaban J connectivity index is 2.15. The number of hydrogen-bond acceptors (Lipinski definition) is 3. The zero-order valence-electron chi connectivity index (χ0n) is 10.8. The third-order valence-corrected chi connectivity index (χ3v) is 2.92. The first-order valence-electron chi connectivity index (χ1n) is 6.35. The van der Waals surface area contributed by atoms with Crippen molar-refractivity contribution >= 4 is 5.97 Å². The van der Waals surface area contributed by atoms with Crippen molar-refractivity contribution in [3.8, 4) is 11.3 Å². The minimum Gasteiger partial charge on any atom is -0.478 e. The fourth-order valence-electron chi connectivity index (χ4n) is 1.77. The molecule has 0 bridgehead atoms. The number of rotatable bonds is 5. The molecule has 0 aliphatic heterocycles. The molecule has 0 saturated heterocycles. The van der Waals surface area contributed by atoms with Crippen molar-refractivity contribution in [2.45, 2.75) is 26.2 Å². The smallest absolute Gasteiger partial charge is 0.335 e. The van der Waals surface area contributed by atoms with Gasteiger partial charge in [0.05, 0.1) is 23.1 Å². The predicted octanol–water partition coefficient (Wildman–Crippen LogP) is 3.18. The van der Waals surface area contributed by atoms with Gasteiger partial charge in [-0.3, -0.25) is 9.97 Å². The van der Waals surface area contributed by atoms with Crippen molar-refractivity contribution in [2.24, 2.45) is 0 Å². The van der Waals surface area contributed by atoms with Crippen LogP contribution in [-0.2, 0) is 6.42 Å². The molecule has 0 amide bonds. The standard InChI is InChI=1S/C15H16N2O2/c1-2-3-4-13-9-17-14(10-16-13)11-5-7-12(8-6-11)15(18)19/h5-10H,2-4H2,1H3,(H,18,19). The van der Waals surface area contributed by atoms with E-state index in [1.165, 1.54) is 0 Å². The third kappa shape index (κ3) is 3.37. The van der Waals surface area contributed by atoms with E-state index in [2.05, 4.69) is 16.9 Å². The van der Waals surface area contributed by atoms with Crippen LogP contribution in [0.25, 0.3) is 11.3 Å². The first-order chi connectivity index (χ1) is 9.20. The molecule has 1 N–H and O–H groups in total. The van der Waals surface area contributed by atoms with Gasteiger partial charge in [0.15, 0.2) is 0 Å². The molecule has 0 radical (unpaired) electrons. The fourth-order valence-corrected chi connectivity index (χ4v) is 1.77. The van der Waals surface area contributed by atoms with Crippen LogP contribution in [0.5, 0.6) is 0 Å². The van der Waals surface area contributed by atoms with Gasteiger partial charge in [-0.25, -0.2) is 4.79 Å². The van der Waals surface area contributed by atoms with Gasteiger partial charge in [-0.15, -0.1) is 0 Å². The van der Waals surface area contributed by atoms with E-state index in [4.69, 9.17) is 5.11 Å². The molecule has 0 unspecified atom stereocenters. The Bertz CT molecular complexity index is 547. The molecule has 0 aliphatic rings. The first-order valence-corrected chi connectivity index (χ1v) is 6.35. The number of carboxylic acid groups (broad SMARTS) is 1. The normalized spacial score (nSPS) is 10.4. The second kappa shape index (κ2) is 6.09. The van der Waals surface area contributed by atoms with Crippen LogP contribution in [0.2, 0.25) is 0 Å². The van der Waals surface area contributed by atoms with Crippen LogP contribution in [-0.4, -0.2) is 21.0 Å². The molecule has 4 heteroatoms. The number of unbranched alkanes of at least 4 members (excludes halogenated alkanes) is 1. The van der Waals surface area contributed by atoms with Gasteiger partial charge in [0.2, 0.25) is 0 Å². The van der Waals surface area contributed by atoms with Gasteiger partial charge in [-0.1, -0.05) is 25.5 Å². The molecule has 1 aromatic heterocycles. The van der Waals surface area contributed by atoms with E-state index in [1.807, 2.05) is 0 Å². The number of aromatic carboxylic acids is 1. The average Bonchev–Trinajstić information content (AvgIpc) is 2.46. The molecule has 19 heavy (non-hydrogen) atoms. The Morgan fingerprint density at radius 2 is 1.89 bits per heavy atom. The fraction of sp³-hybridized carbons (Fsp3) is 0.267. The summed E-state index contributed by atoms with van der Waals surface area (Å²) in [4.78, 5) is 19.5. The van der Waals surface area contributed by atoms with Crippen LogP contribution in [0, 0.1) is 0 Å². The Morgan fingerprint density at radius 1 is 1.16 bits per heavy atom. The zero-order chi connectivity index (χ0) is 13.7. The maximum absolute atomic E-state index is 10.8. The second-order valence-corrected chi connectivity index (χ2v) is 4.38. The van der Waals surface area contributed by atoms with Crippen LogP contribution in [0.15, 0.2) is 36.7 Å². The molecule has 2 rings (SSSR count). The summed E-state index contributed by atoms with van der Waals surface area (Å²) in [6, 6.07) is 6.65. The Kier molecular flexibility index (Phi) is 4.23. The van der Waals surface area contributed by atoms with Crippen molar-refractivity contribution < 1.29 is 9.90 Å². The summed E-state index contributed by atoms with van der Waals surface area (Å²) >= 11 is 0. The summed E-state index contributed by atoms with van der Waals surface area (Å²) in [5, 5.41) is 8.84. The van der Waals surface area contributed by atoms with Gasteiger partial charge in [0, 0.05) is 11.8 Å². The summed E-state index contributed by atoms with van der Waals surface area (Å²) in [5.41, 5.74) is 2.90. The SMILES string of the molecule is CCCCc1cnc(-c2ccc(C(=O)O)cc2)cn1. The van der Waals surface area contributed by atoms with E-state index >= 15 is 0 Å². The van der Waals surface area contributed by atoms with E-state index in [-0.39, 0.29) is 5.56 Å². The van der Waals surface area contributed by atoms with E-state index in [1.54, 1.807) is 36.7 Å². The highest BCUT2D eigenvalue weighted by molar-refractivity contribution is 5.88. The Hall–Kier alpha value is -2.23. The number of hydrogen-bond donors (Lipinski definition) is 1. The molecule has 4 nitrogen and oxygen atoms in total. The third-order valence-electron chi connectivity index (χ3n) is 2.92. The molecule has 1 aromatic carbocycles. The summed E-state index contributed by atoms with van der Waals surface area (Å²) in [5.74, 6) is -0.924. The maximum atomic E-state index is 10.8. The molecule has 2 aromatic rings. The molecule has 98 valence electrons.